The Kier molecular flexibility index (Phi) is 3.08. The van der Waals surface area contributed by atoms with Gasteiger partial charge in [0.2, 0.25) is 0 Å². The summed E-state index contributed by atoms with van der Waals surface area (Å²) in [6.07, 6.45) is 0. The number of hydrogen-bond donors (Lipinski definition) is 2. The molecule has 3 rings (SSSR count). The van der Waals surface area contributed by atoms with Crippen molar-refractivity contribution in [1.82, 2.24) is 0 Å². The summed E-state index contributed by atoms with van der Waals surface area (Å²) in [6.45, 7) is 4.44. The predicted molar refractivity (Wildman–Crippen MR) is 88.3 cm³/mol. The van der Waals surface area contributed by atoms with Gasteiger partial charge in [-0.05, 0) is 17.7 Å². The molecule has 0 spiro atoms. The first-order chi connectivity index (χ1) is 9.91. The highest BCUT2D eigenvalue weighted by Crippen LogP contribution is 2.50. The second-order valence-electron chi connectivity index (χ2n) is 6.48. The molecule has 2 aromatic rings. The lowest BCUT2D eigenvalue weighted by atomic mass is 9.77. The van der Waals surface area contributed by atoms with Crippen molar-refractivity contribution in [3.63, 3.8) is 0 Å². The van der Waals surface area contributed by atoms with Crippen LogP contribution in [0.5, 0.6) is 5.75 Å². The molecule has 1 aliphatic rings. The van der Waals surface area contributed by atoms with Gasteiger partial charge >= 0.3 is 0 Å². The lowest BCUT2D eigenvalue weighted by Crippen LogP contribution is -2.25. The van der Waals surface area contributed by atoms with Gasteiger partial charge in [0, 0.05) is 42.5 Å². The molecule has 0 saturated carbocycles. The van der Waals surface area contributed by atoms with Crippen LogP contribution in [0.4, 0.5) is 11.4 Å². The first-order valence-corrected chi connectivity index (χ1v) is 7.27. The van der Waals surface area contributed by atoms with Crippen LogP contribution in [0, 0.1) is 0 Å². The van der Waals surface area contributed by atoms with Crippen molar-refractivity contribution in [2.24, 2.45) is 0 Å². The number of aromatic hydroxyl groups is 1. The fourth-order valence-corrected chi connectivity index (χ4v) is 3.18. The molecule has 0 aromatic heterocycles. The maximum atomic E-state index is 10.4. The molecule has 1 atom stereocenters. The molecule has 21 heavy (non-hydrogen) atoms. The Morgan fingerprint density at radius 3 is 2.43 bits per heavy atom. The third kappa shape index (κ3) is 2.13. The molecule has 0 aliphatic carbocycles. The number of rotatable bonds is 2. The first kappa shape index (κ1) is 13.8. The Bertz CT molecular complexity index is 677. The third-order valence-electron chi connectivity index (χ3n) is 4.48. The van der Waals surface area contributed by atoms with E-state index in [2.05, 4.69) is 43.4 Å². The van der Waals surface area contributed by atoms with Gasteiger partial charge in [-0.2, -0.15) is 0 Å². The Balaban J connectivity index is 2.03. The molecule has 1 unspecified atom stereocenters. The van der Waals surface area contributed by atoms with E-state index in [1.165, 1.54) is 5.56 Å². The zero-order valence-corrected chi connectivity index (χ0v) is 13.0. The molecular formula is C18H22N2O. The van der Waals surface area contributed by atoms with Crippen molar-refractivity contribution in [3.05, 3.63) is 53.6 Å². The van der Waals surface area contributed by atoms with Crippen LogP contribution in [0.1, 0.15) is 31.0 Å². The fraction of sp³-hybridized carbons (Fsp3) is 0.333. The maximum Gasteiger partial charge on any atom is 0.122 e. The predicted octanol–water partition coefficient (Wildman–Crippen LogP) is 3.90. The molecule has 1 heterocycles. The van der Waals surface area contributed by atoms with Gasteiger partial charge in [0.1, 0.15) is 5.75 Å². The van der Waals surface area contributed by atoms with Gasteiger partial charge in [-0.15, -0.1) is 0 Å². The van der Waals surface area contributed by atoms with E-state index >= 15 is 0 Å². The van der Waals surface area contributed by atoms with E-state index in [-0.39, 0.29) is 11.5 Å². The number of nitrogens with one attached hydrogen (secondary N) is 1. The largest absolute Gasteiger partial charge is 0.508 e. The minimum atomic E-state index is -0.0618. The zero-order valence-electron chi connectivity index (χ0n) is 13.0. The molecule has 3 heteroatoms. The van der Waals surface area contributed by atoms with Gasteiger partial charge in [-0.1, -0.05) is 38.1 Å². The smallest absolute Gasteiger partial charge is 0.122 e. The Morgan fingerprint density at radius 1 is 1.10 bits per heavy atom. The summed E-state index contributed by atoms with van der Waals surface area (Å²) in [7, 11) is 3.95. The topological polar surface area (TPSA) is 35.5 Å². The average Bonchev–Trinajstić information content (AvgIpc) is 2.71. The zero-order chi connectivity index (χ0) is 15.2. The van der Waals surface area contributed by atoms with E-state index in [1.807, 2.05) is 37.2 Å². The van der Waals surface area contributed by atoms with E-state index in [1.54, 1.807) is 0 Å². The molecule has 2 aromatic carbocycles. The summed E-state index contributed by atoms with van der Waals surface area (Å²) in [5.41, 5.74) is 4.34. The van der Waals surface area contributed by atoms with Crippen LogP contribution in [0.2, 0.25) is 0 Å². The molecule has 0 fully saturated rings. The number of benzene rings is 2. The summed E-state index contributed by atoms with van der Waals surface area (Å²) in [4.78, 5) is 1.99. The number of anilines is 2. The van der Waals surface area contributed by atoms with Crippen molar-refractivity contribution in [2.75, 3.05) is 24.3 Å². The maximum absolute atomic E-state index is 10.4. The second kappa shape index (κ2) is 4.69. The van der Waals surface area contributed by atoms with Gasteiger partial charge in [0.05, 0.1) is 6.04 Å². The Hall–Kier alpha value is -2.16. The highest BCUT2D eigenvalue weighted by molar-refractivity contribution is 5.65. The van der Waals surface area contributed by atoms with E-state index in [0.29, 0.717) is 5.75 Å². The molecule has 0 amide bonds. The Labute approximate surface area is 126 Å². The van der Waals surface area contributed by atoms with Crippen LogP contribution >= 0.6 is 0 Å². The molecule has 110 valence electrons. The molecule has 3 nitrogen and oxygen atoms in total. The molecule has 0 saturated heterocycles. The quantitative estimate of drug-likeness (QED) is 0.877. The normalized spacial score (nSPS) is 19.0. The van der Waals surface area contributed by atoms with E-state index in [9.17, 15) is 5.11 Å². The lowest BCUT2D eigenvalue weighted by molar-refractivity contribution is 0.429. The molecule has 0 radical (unpaired) electrons. The number of para-hydroxylation sites is 1. The van der Waals surface area contributed by atoms with Gasteiger partial charge in [-0.25, -0.2) is 0 Å². The average molecular weight is 282 g/mol. The van der Waals surface area contributed by atoms with Crippen LogP contribution in [0.25, 0.3) is 0 Å². The van der Waals surface area contributed by atoms with Crippen molar-refractivity contribution in [3.8, 4) is 5.75 Å². The van der Waals surface area contributed by atoms with Gasteiger partial charge < -0.3 is 15.3 Å². The Morgan fingerprint density at radius 2 is 1.81 bits per heavy atom. The minimum absolute atomic E-state index is 0.0618. The summed E-state index contributed by atoms with van der Waals surface area (Å²) in [5, 5.41) is 14.0. The van der Waals surface area contributed by atoms with Crippen LogP contribution in [-0.4, -0.2) is 19.2 Å². The number of nitrogens with zero attached hydrogens (tertiary/aromatic N) is 1. The highest BCUT2D eigenvalue weighted by atomic mass is 16.3. The molecule has 2 N–H and O–H groups in total. The van der Waals surface area contributed by atoms with Gasteiger partial charge in [0.25, 0.3) is 0 Å². The van der Waals surface area contributed by atoms with Crippen LogP contribution in [0.3, 0.4) is 0 Å². The molecule has 1 aliphatic heterocycles. The summed E-state index contributed by atoms with van der Waals surface area (Å²) >= 11 is 0. The lowest BCUT2D eigenvalue weighted by Gasteiger charge is -2.29. The van der Waals surface area contributed by atoms with Crippen molar-refractivity contribution in [1.29, 1.82) is 0 Å². The highest BCUT2D eigenvalue weighted by Gasteiger charge is 2.40. The van der Waals surface area contributed by atoms with Crippen molar-refractivity contribution >= 4 is 11.4 Å². The SMILES string of the molecule is CN(C)c1ccc(C2Nc3ccccc3C2(C)C)c(O)c1. The van der Waals surface area contributed by atoms with Crippen molar-refractivity contribution < 1.29 is 5.11 Å². The third-order valence-corrected chi connectivity index (χ3v) is 4.48. The summed E-state index contributed by atoms with van der Waals surface area (Å²) < 4.78 is 0. The van der Waals surface area contributed by atoms with E-state index < -0.39 is 0 Å². The molecular weight excluding hydrogens is 260 g/mol. The van der Waals surface area contributed by atoms with E-state index in [0.717, 1.165) is 16.9 Å². The number of phenolic OH excluding ortho intramolecular Hbond substituents is 1. The van der Waals surface area contributed by atoms with Crippen LogP contribution in [-0.2, 0) is 5.41 Å². The summed E-state index contributed by atoms with van der Waals surface area (Å²) in [6, 6.07) is 14.3. The monoisotopic (exact) mass is 282 g/mol. The second-order valence-corrected chi connectivity index (χ2v) is 6.48. The van der Waals surface area contributed by atoms with Crippen LogP contribution in [0.15, 0.2) is 42.5 Å². The van der Waals surface area contributed by atoms with Gasteiger partial charge in [0.15, 0.2) is 0 Å². The van der Waals surface area contributed by atoms with Gasteiger partial charge in [-0.3, -0.25) is 0 Å². The first-order valence-electron chi connectivity index (χ1n) is 7.27. The molecule has 0 bridgehead atoms. The number of fused-ring (bicyclic) bond motifs is 1. The van der Waals surface area contributed by atoms with Crippen LogP contribution < -0.4 is 10.2 Å². The van der Waals surface area contributed by atoms with Crippen molar-refractivity contribution in [2.45, 2.75) is 25.3 Å². The summed E-state index contributed by atoms with van der Waals surface area (Å²) in [5.74, 6) is 0.347. The number of phenols is 1. The minimum Gasteiger partial charge on any atom is -0.508 e. The van der Waals surface area contributed by atoms with E-state index in [4.69, 9.17) is 0 Å². The number of hydrogen-bond acceptors (Lipinski definition) is 3. The fourth-order valence-electron chi connectivity index (χ4n) is 3.18. The standard InChI is InChI=1S/C18H22N2O/c1-18(2)14-7-5-6-8-15(14)19-17(18)13-10-9-12(20(3)4)11-16(13)21/h5-11,17,19,21H,1-4H3.